The third kappa shape index (κ3) is 2.78. The summed E-state index contributed by atoms with van der Waals surface area (Å²) in [6.45, 7) is 2.62. The van der Waals surface area contributed by atoms with Gasteiger partial charge in [0.1, 0.15) is 11.6 Å². The Hall–Kier alpha value is -3.14. The molecule has 2 aromatic heterocycles. The zero-order valence-corrected chi connectivity index (χ0v) is 15.3. The summed E-state index contributed by atoms with van der Waals surface area (Å²) >= 11 is 0. The zero-order chi connectivity index (χ0) is 18.2. The van der Waals surface area contributed by atoms with Crippen molar-refractivity contribution in [3.8, 4) is 16.9 Å². The van der Waals surface area contributed by atoms with Gasteiger partial charge in [-0.2, -0.15) is 0 Å². The minimum Gasteiger partial charge on any atom is -0.492 e. The van der Waals surface area contributed by atoms with E-state index in [1.165, 1.54) is 16.9 Å². The lowest BCUT2D eigenvalue weighted by Crippen LogP contribution is -2.05. The molecule has 0 bridgehead atoms. The van der Waals surface area contributed by atoms with E-state index in [1.807, 2.05) is 19.2 Å². The average molecular weight is 355 g/mol. The van der Waals surface area contributed by atoms with Crippen LogP contribution in [0, 0.1) is 0 Å². The molecular formula is C23H21N3O. The number of fused-ring (bicyclic) bond motifs is 3. The summed E-state index contributed by atoms with van der Waals surface area (Å²) in [5, 5.41) is 0. The zero-order valence-electron chi connectivity index (χ0n) is 15.3. The summed E-state index contributed by atoms with van der Waals surface area (Å²) < 4.78 is 8.02. The van der Waals surface area contributed by atoms with Crippen LogP contribution >= 0.6 is 0 Å². The molecule has 4 heteroatoms. The number of aromatic nitrogens is 3. The molecule has 0 saturated heterocycles. The quantitative estimate of drug-likeness (QED) is 0.515. The molecule has 134 valence electrons. The molecule has 0 spiro atoms. The van der Waals surface area contributed by atoms with Gasteiger partial charge in [0.15, 0.2) is 0 Å². The first-order valence-electron chi connectivity index (χ1n) is 9.47. The number of ether oxygens (including phenoxy) is 1. The van der Waals surface area contributed by atoms with E-state index in [9.17, 15) is 0 Å². The van der Waals surface area contributed by atoms with E-state index in [0.717, 1.165) is 35.2 Å². The fourth-order valence-corrected chi connectivity index (χ4v) is 4.05. The maximum atomic E-state index is 5.61. The Morgan fingerprint density at radius 1 is 1.04 bits per heavy atom. The van der Waals surface area contributed by atoms with Crippen molar-refractivity contribution in [2.24, 2.45) is 0 Å². The maximum absolute atomic E-state index is 5.61. The average Bonchev–Trinajstić information content (AvgIpc) is 3.28. The van der Waals surface area contributed by atoms with Gasteiger partial charge < -0.3 is 9.30 Å². The second-order valence-corrected chi connectivity index (χ2v) is 6.91. The van der Waals surface area contributed by atoms with E-state index in [1.54, 1.807) is 6.20 Å². The lowest BCUT2D eigenvalue weighted by molar-refractivity contribution is 0.339. The summed E-state index contributed by atoms with van der Waals surface area (Å²) in [6, 6.07) is 19.6. The maximum Gasteiger partial charge on any atom is 0.138 e. The molecule has 0 fully saturated rings. The van der Waals surface area contributed by atoms with Crippen LogP contribution in [0.4, 0.5) is 0 Å². The molecule has 1 atom stereocenters. The Labute approximate surface area is 158 Å². The van der Waals surface area contributed by atoms with Crippen molar-refractivity contribution in [1.82, 2.24) is 14.5 Å². The van der Waals surface area contributed by atoms with Gasteiger partial charge in [-0.3, -0.25) is 4.98 Å². The number of pyridine rings is 1. The van der Waals surface area contributed by atoms with Crippen molar-refractivity contribution in [3.63, 3.8) is 0 Å². The summed E-state index contributed by atoms with van der Waals surface area (Å²) in [5.74, 6) is 1.98. The Morgan fingerprint density at radius 2 is 1.93 bits per heavy atom. The Bertz CT molecular complexity index is 1100. The molecule has 0 radical (unpaired) electrons. The van der Waals surface area contributed by atoms with E-state index < -0.39 is 0 Å². The van der Waals surface area contributed by atoms with Gasteiger partial charge in [0.25, 0.3) is 0 Å². The molecule has 1 unspecified atom stereocenters. The summed E-state index contributed by atoms with van der Waals surface area (Å²) in [6.07, 6.45) is 5.77. The van der Waals surface area contributed by atoms with Gasteiger partial charge in [-0.15, -0.1) is 0 Å². The number of aryl methyl sites for hydroxylation is 1. The van der Waals surface area contributed by atoms with Crippen LogP contribution in [0.2, 0.25) is 0 Å². The van der Waals surface area contributed by atoms with Gasteiger partial charge >= 0.3 is 0 Å². The molecule has 4 aromatic rings. The van der Waals surface area contributed by atoms with Gasteiger partial charge in [-0.05, 0) is 42.7 Å². The molecule has 1 aliphatic heterocycles. The van der Waals surface area contributed by atoms with E-state index in [2.05, 4.69) is 58.1 Å². The third-order valence-corrected chi connectivity index (χ3v) is 5.26. The van der Waals surface area contributed by atoms with Crippen molar-refractivity contribution >= 4 is 11.0 Å². The second-order valence-electron chi connectivity index (χ2n) is 6.91. The molecule has 0 N–H and O–H groups in total. The summed E-state index contributed by atoms with van der Waals surface area (Å²) in [7, 11) is 0. The first-order valence-corrected chi connectivity index (χ1v) is 9.47. The summed E-state index contributed by atoms with van der Waals surface area (Å²) in [4.78, 5) is 9.21. The third-order valence-electron chi connectivity index (χ3n) is 5.26. The molecule has 4 nitrogen and oxygen atoms in total. The van der Waals surface area contributed by atoms with Crippen LogP contribution in [0.5, 0.6) is 5.75 Å². The molecular weight excluding hydrogens is 334 g/mol. The van der Waals surface area contributed by atoms with Crippen LogP contribution < -0.4 is 4.74 Å². The van der Waals surface area contributed by atoms with Crippen LogP contribution in [-0.2, 0) is 6.42 Å². The van der Waals surface area contributed by atoms with E-state index in [4.69, 9.17) is 9.72 Å². The summed E-state index contributed by atoms with van der Waals surface area (Å²) in [5.41, 5.74) is 5.80. The van der Waals surface area contributed by atoms with Crippen LogP contribution in [0.25, 0.3) is 22.2 Å². The number of hydrogen-bond acceptors (Lipinski definition) is 3. The first kappa shape index (κ1) is 16.1. The number of imidazole rings is 1. The molecule has 0 amide bonds. The number of hydrogen-bond donors (Lipinski definition) is 0. The van der Waals surface area contributed by atoms with Crippen LogP contribution in [-0.4, -0.2) is 21.1 Å². The highest BCUT2D eigenvalue weighted by Crippen LogP contribution is 2.36. The molecule has 1 aliphatic rings. The van der Waals surface area contributed by atoms with Crippen molar-refractivity contribution in [1.29, 1.82) is 0 Å². The Balaban J connectivity index is 1.61. The number of rotatable bonds is 4. The van der Waals surface area contributed by atoms with E-state index in [0.29, 0.717) is 12.6 Å². The molecule has 27 heavy (non-hydrogen) atoms. The van der Waals surface area contributed by atoms with E-state index >= 15 is 0 Å². The molecule has 2 aromatic carbocycles. The fraction of sp³-hybridized carbons (Fsp3) is 0.217. The smallest absolute Gasteiger partial charge is 0.138 e. The van der Waals surface area contributed by atoms with Crippen LogP contribution in [0.15, 0.2) is 67.0 Å². The normalized spacial score (nSPS) is 15.8. The van der Waals surface area contributed by atoms with Crippen molar-refractivity contribution in [3.05, 3.63) is 78.4 Å². The highest BCUT2D eigenvalue weighted by Gasteiger charge is 2.27. The minimum atomic E-state index is 0.356. The van der Waals surface area contributed by atoms with Gasteiger partial charge in [0.05, 0.1) is 29.9 Å². The fourth-order valence-electron chi connectivity index (χ4n) is 4.05. The largest absolute Gasteiger partial charge is 0.492 e. The topological polar surface area (TPSA) is 39.9 Å². The lowest BCUT2D eigenvalue weighted by atomic mass is 10.0. The van der Waals surface area contributed by atoms with Gasteiger partial charge in [0.2, 0.25) is 0 Å². The predicted octanol–water partition coefficient (Wildman–Crippen LogP) is 5.03. The SMILES string of the molecule is CCOc1cncc(-c2ccc3nc4n(c3c2)C(c2ccccc2)CC4)c1. The van der Waals surface area contributed by atoms with Crippen LogP contribution in [0.3, 0.4) is 0 Å². The Kier molecular flexibility index (Phi) is 3.89. The van der Waals surface area contributed by atoms with Crippen molar-refractivity contribution < 1.29 is 4.74 Å². The lowest BCUT2D eigenvalue weighted by Gasteiger charge is -2.15. The van der Waals surface area contributed by atoms with Gasteiger partial charge in [0, 0.05) is 18.2 Å². The van der Waals surface area contributed by atoms with Crippen molar-refractivity contribution in [2.45, 2.75) is 25.8 Å². The van der Waals surface area contributed by atoms with E-state index in [-0.39, 0.29) is 0 Å². The monoisotopic (exact) mass is 355 g/mol. The first-order chi connectivity index (χ1) is 13.3. The van der Waals surface area contributed by atoms with Gasteiger partial charge in [-0.1, -0.05) is 36.4 Å². The molecule has 0 aliphatic carbocycles. The standard InChI is InChI=1S/C23H21N3O/c1-2-27-19-12-18(14-24-15-19)17-8-9-20-22(13-17)26-21(10-11-23(26)25-20)16-6-4-3-5-7-16/h3-9,12-15,21H,2,10-11H2,1H3. The molecule has 5 rings (SSSR count). The highest BCUT2D eigenvalue weighted by atomic mass is 16.5. The number of benzene rings is 2. The number of nitrogens with zero attached hydrogens (tertiary/aromatic N) is 3. The van der Waals surface area contributed by atoms with Crippen molar-refractivity contribution in [2.75, 3.05) is 6.61 Å². The van der Waals surface area contributed by atoms with Crippen LogP contribution in [0.1, 0.15) is 30.8 Å². The Morgan fingerprint density at radius 3 is 2.78 bits per heavy atom. The predicted molar refractivity (Wildman–Crippen MR) is 107 cm³/mol. The minimum absolute atomic E-state index is 0.356. The second kappa shape index (κ2) is 6.54. The molecule has 0 saturated carbocycles. The highest BCUT2D eigenvalue weighted by molar-refractivity contribution is 5.83. The molecule has 3 heterocycles. The van der Waals surface area contributed by atoms with Gasteiger partial charge in [-0.25, -0.2) is 4.98 Å².